The first-order chi connectivity index (χ1) is 11.1. The molecule has 1 aliphatic rings. The van der Waals surface area contributed by atoms with Crippen LogP contribution in [0.15, 0.2) is 42.5 Å². The molecule has 0 radical (unpaired) electrons. The van der Waals surface area contributed by atoms with Crippen molar-refractivity contribution in [2.24, 2.45) is 0 Å². The fourth-order valence-corrected chi connectivity index (χ4v) is 2.75. The van der Waals surface area contributed by atoms with Crippen molar-refractivity contribution < 1.29 is 14.5 Å². The van der Waals surface area contributed by atoms with Gasteiger partial charge in [-0.1, -0.05) is 12.1 Å². The average molecular weight is 310 g/mol. The lowest BCUT2D eigenvalue weighted by Gasteiger charge is -2.16. The summed E-state index contributed by atoms with van der Waals surface area (Å²) in [7, 11) is 0. The smallest absolute Gasteiger partial charge is 0.279 e. The molecule has 23 heavy (non-hydrogen) atoms. The Bertz CT molecular complexity index is 784. The molecule has 0 aliphatic carbocycles. The standard InChI is InChI=1S/C17H14N2O4/c20-11-14-10-13(5-8-16(14)19(22)23)12-3-6-15(7-4-12)18-9-1-2-17(18)21/h3-8,10-11H,1-2,9H2. The zero-order valence-electron chi connectivity index (χ0n) is 12.3. The molecule has 6 heteroatoms. The maximum absolute atomic E-state index is 11.7. The largest absolute Gasteiger partial charge is 0.312 e. The van der Waals surface area contributed by atoms with Crippen molar-refractivity contribution in [1.82, 2.24) is 0 Å². The van der Waals surface area contributed by atoms with Crippen LogP contribution in [0.2, 0.25) is 0 Å². The molecule has 1 fully saturated rings. The molecule has 1 saturated heterocycles. The molecule has 1 aliphatic heterocycles. The van der Waals surface area contributed by atoms with Crippen LogP contribution in [-0.4, -0.2) is 23.7 Å². The first-order valence-electron chi connectivity index (χ1n) is 7.24. The third-order valence-corrected chi connectivity index (χ3v) is 3.94. The molecule has 0 unspecified atom stereocenters. The van der Waals surface area contributed by atoms with Crippen LogP contribution in [0.3, 0.4) is 0 Å². The van der Waals surface area contributed by atoms with Crippen LogP contribution < -0.4 is 4.90 Å². The Balaban J connectivity index is 1.91. The summed E-state index contributed by atoms with van der Waals surface area (Å²) < 4.78 is 0. The molecule has 0 N–H and O–H groups in total. The molecule has 0 atom stereocenters. The lowest BCUT2D eigenvalue weighted by atomic mass is 10.0. The molecule has 2 aromatic carbocycles. The number of hydrogen-bond donors (Lipinski definition) is 0. The van der Waals surface area contributed by atoms with Crippen molar-refractivity contribution in [2.45, 2.75) is 12.8 Å². The van der Waals surface area contributed by atoms with E-state index in [0.29, 0.717) is 12.7 Å². The van der Waals surface area contributed by atoms with Gasteiger partial charge in [-0.15, -0.1) is 0 Å². The zero-order valence-corrected chi connectivity index (χ0v) is 12.3. The van der Waals surface area contributed by atoms with E-state index in [-0.39, 0.29) is 17.2 Å². The van der Waals surface area contributed by atoms with Gasteiger partial charge in [-0.25, -0.2) is 0 Å². The maximum atomic E-state index is 11.7. The lowest BCUT2D eigenvalue weighted by Crippen LogP contribution is -2.23. The van der Waals surface area contributed by atoms with E-state index < -0.39 is 4.92 Å². The Labute approximate surface area is 132 Å². The van der Waals surface area contributed by atoms with Crippen molar-refractivity contribution in [3.63, 3.8) is 0 Å². The van der Waals surface area contributed by atoms with E-state index in [2.05, 4.69) is 0 Å². The van der Waals surface area contributed by atoms with Gasteiger partial charge in [0.15, 0.2) is 6.29 Å². The second kappa shape index (κ2) is 6.00. The number of aldehydes is 1. The van der Waals surface area contributed by atoms with Crippen LogP contribution in [0.25, 0.3) is 11.1 Å². The highest BCUT2D eigenvalue weighted by atomic mass is 16.6. The molecular formula is C17H14N2O4. The molecule has 0 saturated carbocycles. The van der Waals surface area contributed by atoms with E-state index in [9.17, 15) is 19.7 Å². The van der Waals surface area contributed by atoms with Crippen LogP contribution in [0.5, 0.6) is 0 Å². The van der Waals surface area contributed by atoms with Gasteiger partial charge >= 0.3 is 0 Å². The van der Waals surface area contributed by atoms with Gasteiger partial charge in [-0.05, 0) is 41.8 Å². The van der Waals surface area contributed by atoms with Crippen molar-refractivity contribution in [3.05, 3.63) is 58.1 Å². The first-order valence-corrected chi connectivity index (χ1v) is 7.24. The summed E-state index contributed by atoms with van der Waals surface area (Å²) in [5.41, 5.74) is 2.23. The monoisotopic (exact) mass is 310 g/mol. The SMILES string of the molecule is O=Cc1cc(-c2ccc(N3CCCC3=O)cc2)ccc1[N+](=O)[O-]. The number of nitrogens with zero attached hydrogens (tertiary/aromatic N) is 2. The Hall–Kier alpha value is -3.02. The Morgan fingerprint density at radius 2 is 1.78 bits per heavy atom. The molecule has 0 bridgehead atoms. The molecule has 1 heterocycles. The van der Waals surface area contributed by atoms with Gasteiger partial charge in [-0.3, -0.25) is 19.7 Å². The molecule has 0 aromatic heterocycles. The fraction of sp³-hybridized carbons (Fsp3) is 0.176. The zero-order chi connectivity index (χ0) is 16.4. The molecule has 2 aromatic rings. The molecule has 3 rings (SSSR count). The third kappa shape index (κ3) is 2.83. The van der Waals surface area contributed by atoms with E-state index in [0.717, 1.165) is 29.8 Å². The summed E-state index contributed by atoms with van der Waals surface area (Å²) in [6, 6.07) is 11.8. The lowest BCUT2D eigenvalue weighted by molar-refractivity contribution is -0.385. The van der Waals surface area contributed by atoms with Gasteiger partial charge in [0, 0.05) is 24.7 Å². The van der Waals surface area contributed by atoms with Gasteiger partial charge in [-0.2, -0.15) is 0 Å². The second-order valence-electron chi connectivity index (χ2n) is 5.34. The summed E-state index contributed by atoms with van der Waals surface area (Å²) in [4.78, 5) is 34.8. The highest BCUT2D eigenvalue weighted by Gasteiger charge is 2.21. The summed E-state index contributed by atoms with van der Waals surface area (Å²) in [5.74, 6) is 0.122. The summed E-state index contributed by atoms with van der Waals surface area (Å²) in [6.07, 6.45) is 1.93. The van der Waals surface area contributed by atoms with E-state index in [1.54, 1.807) is 11.0 Å². The molecule has 116 valence electrons. The Morgan fingerprint density at radius 1 is 1.09 bits per heavy atom. The normalized spacial score (nSPS) is 14.1. The van der Waals surface area contributed by atoms with Gasteiger partial charge < -0.3 is 4.90 Å². The van der Waals surface area contributed by atoms with E-state index >= 15 is 0 Å². The number of carbonyl (C=O) groups excluding carboxylic acids is 2. The second-order valence-corrected chi connectivity index (χ2v) is 5.34. The number of carbonyl (C=O) groups is 2. The molecule has 0 spiro atoms. The Kier molecular flexibility index (Phi) is 3.89. The van der Waals surface area contributed by atoms with Gasteiger partial charge in [0.1, 0.15) is 0 Å². The number of hydrogen-bond acceptors (Lipinski definition) is 4. The number of benzene rings is 2. The first kappa shape index (κ1) is 14.9. The van der Waals surface area contributed by atoms with Crippen molar-refractivity contribution in [1.29, 1.82) is 0 Å². The van der Waals surface area contributed by atoms with Gasteiger partial charge in [0.25, 0.3) is 5.69 Å². The van der Waals surface area contributed by atoms with Gasteiger partial charge in [0.2, 0.25) is 5.91 Å². The van der Waals surface area contributed by atoms with Crippen LogP contribution >= 0.6 is 0 Å². The minimum Gasteiger partial charge on any atom is -0.312 e. The van der Waals surface area contributed by atoms with Gasteiger partial charge in [0.05, 0.1) is 10.5 Å². The highest BCUT2D eigenvalue weighted by molar-refractivity contribution is 5.95. The number of nitro groups is 1. The predicted molar refractivity (Wildman–Crippen MR) is 85.5 cm³/mol. The number of amides is 1. The molecule has 6 nitrogen and oxygen atoms in total. The van der Waals surface area contributed by atoms with Crippen LogP contribution in [0.1, 0.15) is 23.2 Å². The summed E-state index contributed by atoms with van der Waals surface area (Å²) in [6.45, 7) is 0.727. The minimum atomic E-state index is -0.574. The summed E-state index contributed by atoms with van der Waals surface area (Å²) in [5, 5.41) is 10.9. The van der Waals surface area contributed by atoms with E-state index in [1.165, 1.54) is 12.1 Å². The van der Waals surface area contributed by atoms with E-state index in [4.69, 9.17) is 0 Å². The number of rotatable bonds is 4. The van der Waals surface area contributed by atoms with E-state index in [1.807, 2.05) is 24.3 Å². The topological polar surface area (TPSA) is 80.5 Å². The summed E-state index contributed by atoms with van der Waals surface area (Å²) >= 11 is 0. The quantitative estimate of drug-likeness (QED) is 0.493. The van der Waals surface area contributed by atoms with Crippen molar-refractivity contribution >= 4 is 23.6 Å². The number of anilines is 1. The molecular weight excluding hydrogens is 296 g/mol. The third-order valence-electron chi connectivity index (χ3n) is 3.94. The van der Waals surface area contributed by atoms with Crippen LogP contribution in [-0.2, 0) is 4.79 Å². The van der Waals surface area contributed by atoms with Crippen LogP contribution in [0.4, 0.5) is 11.4 Å². The maximum Gasteiger partial charge on any atom is 0.279 e. The fourth-order valence-electron chi connectivity index (χ4n) is 2.75. The predicted octanol–water partition coefficient (Wildman–Crippen LogP) is 3.20. The minimum absolute atomic E-state index is 0.0475. The van der Waals surface area contributed by atoms with Crippen molar-refractivity contribution in [3.8, 4) is 11.1 Å². The molecule has 1 amide bonds. The highest BCUT2D eigenvalue weighted by Crippen LogP contribution is 2.28. The number of nitro benzene ring substituents is 1. The van der Waals surface area contributed by atoms with Crippen molar-refractivity contribution in [2.75, 3.05) is 11.4 Å². The van der Waals surface area contributed by atoms with Crippen LogP contribution in [0, 0.1) is 10.1 Å². The average Bonchev–Trinajstić information content (AvgIpc) is 3.00. The Morgan fingerprint density at radius 3 is 2.35 bits per heavy atom.